The van der Waals surface area contributed by atoms with E-state index in [0.29, 0.717) is 45.0 Å². The monoisotopic (exact) mass is 508 g/mol. The molecule has 1 aliphatic rings. The smallest absolute Gasteiger partial charge is 0.224 e. The highest BCUT2D eigenvalue weighted by Gasteiger charge is 2.32. The number of rotatable bonds is 6. The van der Waals surface area contributed by atoms with E-state index in [-0.39, 0.29) is 24.7 Å². The van der Waals surface area contributed by atoms with Gasteiger partial charge in [-0.05, 0) is 48.2 Å². The zero-order valence-corrected chi connectivity index (χ0v) is 19.7. The highest BCUT2D eigenvalue weighted by Crippen LogP contribution is 2.26. The summed E-state index contributed by atoms with van der Waals surface area (Å²) in [6, 6.07) is 9.82. The van der Waals surface area contributed by atoms with E-state index in [1.54, 1.807) is 36.4 Å². The van der Waals surface area contributed by atoms with E-state index < -0.39 is 15.9 Å². The Morgan fingerprint density at radius 2 is 1.80 bits per heavy atom. The zero-order chi connectivity index (χ0) is 21.9. The van der Waals surface area contributed by atoms with Crippen molar-refractivity contribution in [1.29, 1.82) is 0 Å². The van der Waals surface area contributed by atoms with Gasteiger partial charge in [0.05, 0.1) is 21.7 Å². The highest BCUT2D eigenvalue weighted by atomic mass is 35.5. The molecular formula is C20H20Cl4N2O3S. The van der Waals surface area contributed by atoms with Crippen LogP contribution in [0.1, 0.15) is 24.0 Å². The van der Waals surface area contributed by atoms with E-state index in [1.807, 2.05) is 0 Å². The Balaban J connectivity index is 1.62. The number of nitrogens with one attached hydrogen (secondary N) is 1. The molecule has 3 rings (SSSR count). The predicted octanol–water partition coefficient (Wildman–Crippen LogP) is 5.16. The minimum Gasteiger partial charge on any atom is -0.352 e. The van der Waals surface area contributed by atoms with Crippen molar-refractivity contribution in [2.24, 2.45) is 5.92 Å². The molecule has 30 heavy (non-hydrogen) atoms. The molecule has 0 aromatic heterocycles. The summed E-state index contributed by atoms with van der Waals surface area (Å²) in [5.41, 5.74) is 1.29. The highest BCUT2D eigenvalue weighted by molar-refractivity contribution is 7.88. The number of sulfonamides is 1. The van der Waals surface area contributed by atoms with Crippen LogP contribution in [0.4, 0.5) is 0 Å². The molecule has 0 radical (unpaired) electrons. The average Bonchev–Trinajstić information content (AvgIpc) is 2.70. The lowest BCUT2D eigenvalue weighted by Crippen LogP contribution is -2.45. The quantitative estimate of drug-likeness (QED) is 0.584. The third-order valence-electron chi connectivity index (χ3n) is 4.95. The second-order valence-electron chi connectivity index (χ2n) is 7.16. The molecule has 2 aromatic carbocycles. The molecule has 0 unspecified atom stereocenters. The predicted molar refractivity (Wildman–Crippen MR) is 122 cm³/mol. The van der Waals surface area contributed by atoms with Crippen molar-refractivity contribution in [3.05, 3.63) is 67.6 Å². The minimum atomic E-state index is -3.60. The number of hydrogen-bond acceptors (Lipinski definition) is 3. The summed E-state index contributed by atoms with van der Waals surface area (Å²) in [4.78, 5) is 12.6. The molecule has 1 saturated heterocycles. The number of halogens is 4. The molecule has 0 bridgehead atoms. The molecule has 1 fully saturated rings. The Kier molecular flexibility index (Phi) is 7.93. The fraction of sp³-hybridized carbons (Fsp3) is 0.350. The van der Waals surface area contributed by atoms with Gasteiger partial charge in [-0.2, -0.15) is 0 Å². The fourth-order valence-electron chi connectivity index (χ4n) is 3.33. The lowest BCUT2D eigenvalue weighted by atomic mass is 9.99. The Morgan fingerprint density at radius 1 is 1.03 bits per heavy atom. The number of carbonyl (C=O) groups excluding carboxylic acids is 1. The van der Waals surface area contributed by atoms with Crippen molar-refractivity contribution >= 4 is 62.3 Å². The zero-order valence-electron chi connectivity index (χ0n) is 15.9. The molecule has 1 amide bonds. The van der Waals surface area contributed by atoms with Gasteiger partial charge in [-0.15, -0.1) is 0 Å². The number of benzene rings is 2. The van der Waals surface area contributed by atoms with Gasteiger partial charge in [0.1, 0.15) is 0 Å². The summed E-state index contributed by atoms with van der Waals surface area (Å²) in [7, 11) is -3.60. The van der Waals surface area contributed by atoms with Gasteiger partial charge < -0.3 is 5.32 Å². The Bertz CT molecular complexity index is 1050. The van der Waals surface area contributed by atoms with Gasteiger partial charge in [0.15, 0.2) is 0 Å². The number of nitrogens with zero attached hydrogens (tertiary/aromatic N) is 1. The number of amides is 1. The molecule has 162 valence electrons. The molecule has 1 N–H and O–H groups in total. The van der Waals surface area contributed by atoms with Crippen LogP contribution in [0, 0.1) is 5.92 Å². The largest absolute Gasteiger partial charge is 0.352 e. The molecule has 1 heterocycles. The van der Waals surface area contributed by atoms with E-state index in [1.165, 1.54) is 4.31 Å². The summed E-state index contributed by atoms with van der Waals surface area (Å²) >= 11 is 23.9. The molecule has 5 nitrogen and oxygen atoms in total. The molecular weight excluding hydrogens is 490 g/mol. The second-order valence-corrected chi connectivity index (χ2v) is 10.8. The number of hydrogen-bond donors (Lipinski definition) is 1. The van der Waals surface area contributed by atoms with Crippen LogP contribution in [0.2, 0.25) is 20.1 Å². The summed E-state index contributed by atoms with van der Waals surface area (Å²) in [5.74, 6) is -0.817. The SMILES string of the molecule is O=C(NCc1ccc(Cl)cc1Cl)[C@H]1CCCN(S(=O)(=O)Cc2ccc(Cl)c(Cl)c2)C1. The molecule has 1 aliphatic heterocycles. The summed E-state index contributed by atoms with van der Waals surface area (Å²) in [6.07, 6.45) is 1.24. The normalized spacial score (nSPS) is 17.7. The van der Waals surface area contributed by atoms with Crippen LogP contribution < -0.4 is 5.32 Å². The lowest BCUT2D eigenvalue weighted by molar-refractivity contribution is -0.126. The average molecular weight is 510 g/mol. The maximum atomic E-state index is 12.9. The summed E-state index contributed by atoms with van der Waals surface area (Å²) < 4.78 is 27.1. The first-order chi connectivity index (χ1) is 14.2. The van der Waals surface area contributed by atoms with Gasteiger partial charge in [0.25, 0.3) is 0 Å². The van der Waals surface area contributed by atoms with Crippen LogP contribution >= 0.6 is 46.4 Å². The Labute approximate surface area is 196 Å². The van der Waals surface area contributed by atoms with Gasteiger partial charge in [-0.1, -0.05) is 58.5 Å². The third-order valence-corrected chi connectivity index (χ3v) is 8.09. The van der Waals surface area contributed by atoms with Gasteiger partial charge in [0, 0.05) is 29.7 Å². The van der Waals surface area contributed by atoms with Crippen LogP contribution in [-0.2, 0) is 27.1 Å². The standard InChI is InChI=1S/C20H20Cl4N2O3S/c21-16-5-4-14(18(23)9-16)10-25-20(27)15-2-1-7-26(11-15)30(28,29)12-13-3-6-17(22)19(24)8-13/h3-6,8-9,15H,1-2,7,10-12H2,(H,25,27)/t15-/m0/s1. The van der Waals surface area contributed by atoms with Crippen molar-refractivity contribution < 1.29 is 13.2 Å². The Morgan fingerprint density at radius 3 is 2.50 bits per heavy atom. The van der Waals surface area contributed by atoms with Gasteiger partial charge in [-0.25, -0.2) is 12.7 Å². The fourth-order valence-corrected chi connectivity index (χ4v) is 5.73. The van der Waals surface area contributed by atoms with E-state index in [2.05, 4.69) is 5.32 Å². The van der Waals surface area contributed by atoms with E-state index in [4.69, 9.17) is 46.4 Å². The van der Waals surface area contributed by atoms with Crippen molar-refractivity contribution in [3.8, 4) is 0 Å². The molecule has 1 atom stereocenters. The minimum absolute atomic E-state index is 0.143. The molecule has 0 saturated carbocycles. The number of piperidine rings is 1. The first-order valence-corrected chi connectivity index (χ1v) is 12.4. The molecule has 10 heteroatoms. The van der Waals surface area contributed by atoms with Crippen molar-refractivity contribution in [1.82, 2.24) is 9.62 Å². The van der Waals surface area contributed by atoms with Crippen LogP contribution in [0.5, 0.6) is 0 Å². The first-order valence-electron chi connectivity index (χ1n) is 9.29. The summed E-state index contributed by atoms with van der Waals surface area (Å²) in [6.45, 7) is 0.779. The van der Waals surface area contributed by atoms with Crippen molar-refractivity contribution in [2.45, 2.75) is 25.1 Å². The first kappa shape index (κ1) is 23.6. The topological polar surface area (TPSA) is 66.5 Å². The maximum absolute atomic E-state index is 12.9. The van der Waals surface area contributed by atoms with E-state index in [0.717, 1.165) is 5.56 Å². The van der Waals surface area contributed by atoms with Crippen LogP contribution in [0.3, 0.4) is 0 Å². The van der Waals surface area contributed by atoms with Crippen molar-refractivity contribution in [2.75, 3.05) is 13.1 Å². The van der Waals surface area contributed by atoms with Gasteiger partial charge >= 0.3 is 0 Å². The third kappa shape index (κ3) is 6.02. The van der Waals surface area contributed by atoms with Crippen LogP contribution in [0.15, 0.2) is 36.4 Å². The van der Waals surface area contributed by atoms with E-state index >= 15 is 0 Å². The van der Waals surface area contributed by atoms with Gasteiger partial charge in [0.2, 0.25) is 15.9 Å². The maximum Gasteiger partial charge on any atom is 0.224 e. The summed E-state index contributed by atoms with van der Waals surface area (Å²) in [5, 5.41) is 4.51. The number of carbonyl (C=O) groups is 1. The van der Waals surface area contributed by atoms with Crippen molar-refractivity contribution in [3.63, 3.8) is 0 Å². The molecule has 2 aromatic rings. The van der Waals surface area contributed by atoms with E-state index in [9.17, 15) is 13.2 Å². The molecule has 0 spiro atoms. The van der Waals surface area contributed by atoms with Crippen LogP contribution in [0.25, 0.3) is 0 Å². The van der Waals surface area contributed by atoms with Gasteiger partial charge in [-0.3, -0.25) is 4.79 Å². The van der Waals surface area contributed by atoms with Crippen LogP contribution in [-0.4, -0.2) is 31.7 Å². The second kappa shape index (κ2) is 10.1. The molecule has 0 aliphatic carbocycles. The Hall–Kier alpha value is -1.02. The lowest BCUT2D eigenvalue weighted by Gasteiger charge is -2.31.